The quantitative estimate of drug-likeness (QED) is 0.656. The standard InChI is InChI=1S/C21H24BrN3O3/c1-21(2)12-18(16-11-15(22)3-4-17(16)28-21)27-20(26)14-5-9-25(10-6-14)19-13-23-7-8-24-19/h3-4,7-8,11,13-14,18H,5-6,9-10,12H2,1-2H3. The highest BCUT2D eigenvalue weighted by atomic mass is 79.9. The molecule has 28 heavy (non-hydrogen) atoms. The molecule has 2 aromatic rings. The molecule has 7 heteroatoms. The molecular weight excluding hydrogens is 422 g/mol. The van der Waals surface area contributed by atoms with Crippen LogP contribution < -0.4 is 9.64 Å². The summed E-state index contributed by atoms with van der Waals surface area (Å²) < 4.78 is 13.0. The van der Waals surface area contributed by atoms with Crippen molar-refractivity contribution in [3.63, 3.8) is 0 Å². The molecule has 0 amide bonds. The summed E-state index contributed by atoms with van der Waals surface area (Å²) in [5.41, 5.74) is 0.556. The van der Waals surface area contributed by atoms with Gasteiger partial charge in [-0.25, -0.2) is 4.98 Å². The number of hydrogen-bond donors (Lipinski definition) is 0. The van der Waals surface area contributed by atoms with E-state index < -0.39 is 0 Å². The summed E-state index contributed by atoms with van der Waals surface area (Å²) in [6.07, 6.45) is 6.98. The monoisotopic (exact) mass is 445 g/mol. The minimum Gasteiger partial charge on any atom is -0.487 e. The molecule has 4 rings (SSSR count). The number of hydrogen-bond acceptors (Lipinski definition) is 6. The molecule has 2 aliphatic heterocycles. The van der Waals surface area contributed by atoms with E-state index in [0.29, 0.717) is 6.42 Å². The van der Waals surface area contributed by atoms with Crippen LogP contribution >= 0.6 is 15.9 Å². The molecular formula is C21H24BrN3O3. The summed E-state index contributed by atoms with van der Waals surface area (Å²) in [5, 5.41) is 0. The van der Waals surface area contributed by atoms with Crippen LogP contribution in [0.3, 0.4) is 0 Å². The van der Waals surface area contributed by atoms with Gasteiger partial charge in [-0.15, -0.1) is 0 Å². The first-order valence-electron chi connectivity index (χ1n) is 9.61. The van der Waals surface area contributed by atoms with E-state index in [1.54, 1.807) is 18.6 Å². The van der Waals surface area contributed by atoms with Gasteiger partial charge in [-0.1, -0.05) is 15.9 Å². The molecule has 2 aliphatic rings. The average molecular weight is 446 g/mol. The van der Waals surface area contributed by atoms with Gasteiger partial charge in [-0.2, -0.15) is 0 Å². The molecule has 0 aliphatic carbocycles. The molecule has 1 unspecified atom stereocenters. The number of benzene rings is 1. The Kier molecular flexibility index (Phi) is 5.27. The molecule has 0 radical (unpaired) electrons. The lowest BCUT2D eigenvalue weighted by atomic mass is 9.91. The first-order valence-corrected chi connectivity index (χ1v) is 10.4. The lowest BCUT2D eigenvalue weighted by molar-refractivity contribution is -0.159. The van der Waals surface area contributed by atoms with E-state index in [4.69, 9.17) is 9.47 Å². The number of carbonyl (C=O) groups is 1. The summed E-state index contributed by atoms with van der Waals surface area (Å²) in [6, 6.07) is 5.86. The molecule has 3 heterocycles. The number of rotatable bonds is 3. The fraction of sp³-hybridized carbons (Fsp3) is 0.476. The zero-order valence-corrected chi connectivity index (χ0v) is 17.7. The summed E-state index contributed by atoms with van der Waals surface area (Å²) >= 11 is 3.51. The predicted octanol–water partition coefficient (Wildman–Crippen LogP) is 4.30. The van der Waals surface area contributed by atoms with Crippen molar-refractivity contribution >= 4 is 27.7 Å². The summed E-state index contributed by atoms with van der Waals surface area (Å²) in [4.78, 5) is 23.5. The Morgan fingerprint density at radius 3 is 2.79 bits per heavy atom. The predicted molar refractivity (Wildman–Crippen MR) is 109 cm³/mol. The summed E-state index contributed by atoms with van der Waals surface area (Å²) in [6.45, 7) is 5.61. The van der Waals surface area contributed by atoms with E-state index in [0.717, 1.165) is 47.5 Å². The topological polar surface area (TPSA) is 64.5 Å². The van der Waals surface area contributed by atoms with Crippen LogP contribution in [-0.4, -0.2) is 34.6 Å². The van der Waals surface area contributed by atoms with Crippen molar-refractivity contribution in [1.29, 1.82) is 0 Å². The minimum absolute atomic E-state index is 0.0884. The van der Waals surface area contributed by atoms with Crippen molar-refractivity contribution in [3.05, 3.63) is 46.8 Å². The molecule has 0 spiro atoms. The minimum atomic E-state index is -0.374. The maximum Gasteiger partial charge on any atom is 0.309 e. The van der Waals surface area contributed by atoms with Crippen LogP contribution in [0.2, 0.25) is 0 Å². The lowest BCUT2D eigenvalue weighted by Crippen LogP contribution is -2.39. The first kappa shape index (κ1) is 19.2. The van der Waals surface area contributed by atoms with Gasteiger partial charge in [-0.3, -0.25) is 9.78 Å². The Hall–Kier alpha value is -2.15. The summed E-state index contributed by atoms with van der Waals surface area (Å²) in [7, 11) is 0. The van der Waals surface area contributed by atoms with Gasteiger partial charge in [0.1, 0.15) is 23.3 Å². The first-order chi connectivity index (χ1) is 13.4. The van der Waals surface area contributed by atoms with Crippen LogP contribution in [0.25, 0.3) is 0 Å². The maximum absolute atomic E-state index is 12.9. The van der Waals surface area contributed by atoms with Crippen LogP contribution in [0, 0.1) is 5.92 Å². The highest BCUT2D eigenvalue weighted by Crippen LogP contribution is 2.43. The van der Waals surface area contributed by atoms with Crippen molar-refractivity contribution < 1.29 is 14.3 Å². The molecule has 0 bridgehead atoms. The number of esters is 1. The van der Waals surface area contributed by atoms with Crippen LogP contribution in [0.15, 0.2) is 41.3 Å². The van der Waals surface area contributed by atoms with E-state index in [1.807, 2.05) is 32.0 Å². The van der Waals surface area contributed by atoms with Crippen LogP contribution in [-0.2, 0) is 9.53 Å². The second kappa shape index (κ2) is 7.70. The second-order valence-electron chi connectivity index (χ2n) is 8.00. The number of ether oxygens (including phenoxy) is 2. The molecule has 1 fully saturated rings. The maximum atomic E-state index is 12.9. The average Bonchev–Trinajstić information content (AvgIpc) is 2.69. The number of fused-ring (bicyclic) bond motifs is 1. The highest BCUT2D eigenvalue weighted by Gasteiger charge is 2.37. The smallest absolute Gasteiger partial charge is 0.309 e. The third kappa shape index (κ3) is 4.14. The van der Waals surface area contributed by atoms with Crippen LogP contribution in [0.4, 0.5) is 5.82 Å². The number of halogens is 1. The van der Waals surface area contributed by atoms with E-state index >= 15 is 0 Å². The Balaban J connectivity index is 1.42. The second-order valence-corrected chi connectivity index (χ2v) is 8.91. The summed E-state index contributed by atoms with van der Waals surface area (Å²) in [5.74, 6) is 1.44. The molecule has 1 saturated heterocycles. The van der Waals surface area contributed by atoms with Gasteiger partial charge in [0.2, 0.25) is 0 Å². The number of anilines is 1. The third-order valence-electron chi connectivity index (χ3n) is 5.34. The Morgan fingerprint density at radius 1 is 1.29 bits per heavy atom. The van der Waals surface area contributed by atoms with Crippen LogP contribution in [0.1, 0.15) is 44.8 Å². The number of carbonyl (C=O) groups excluding carboxylic acids is 1. The third-order valence-corrected chi connectivity index (χ3v) is 5.84. The van der Waals surface area contributed by atoms with E-state index in [1.165, 1.54) is 0 Å². The van der Waals surface area contributed by atoms with Crippen molar-refractivity contribution in [2.24, 2.45) is 5.92 Å². The van der Waals surface area contributed by atoms with Gasteiger partial charge in [0.15, 0.2) is 0 Å². The SMILES string of the molecule is CC1(C)CC(OC(=O)C2CCN(c3cnccn3)CC2)c2cc(Br)ccc2O1. The Bertz CT molecular complexity index is 851. The van der Waals surface area contributed by atoms with Gasteiger partial charge in [0.25, 0.3) is 0 Å². The van der Waals surface area contributed by atoms with Gasteiger partial charge in [0.05, 0.1) is 12.1 Å². The zero-order valence-electron chi connectivity index (χ0n) is 16.1. The highest BCUT2D eigenvalue weighted by molar-refractivity contribution is 9.10. The van der Waals surface area contributed by atoms with Gasteiger partial charge >= 0.3 is 5.97 Å². The molecule has 1 aromatic carbocycles. The van der Waals surface area contributed by atoms with Crippen LogP contribution in [0.5, 0.6) is 5.75 Å². The van der Waals surface area contributed by atoms with Gasteiger partial charge in [-0.05, 0) is 44.9 Å². The fourth-order valence-electron chi connectivity index (χ4n) is 3.90. The van der Waals surface area contributed by atoms with Crippen molar-refractivity contribution in [1.82, 2.24) is 9.97 Å². The Labute approximate surface area is 173 Å². The fourth-order valence-corrected chi connectivity index (χ4v) is 4.28. The van der Waals surface area contributed by atoms with Crippen molar-refractivity contribution in [2.45, 2.75) is 44.8 Å². The van der Waals surface area contributed by atoms with E-state index in [-0.39, 0.29) is 23.6 Å². The van der Waals surface area contributed by atoms with Crippen molar-refractivity contribution in [2.75, 3.05) is 18.0 Å². The Morgan fingerprint density at radius 2 is 2.07 bits per heavy atom. The molecule has 1 aromatic heterocycles. The van der Waals surface area contributed by atoms with Gasteiger partial charge < -0.3 is 14.4 Å². The normalized spacial score (nSPS) is 21.5. The number of piperidine rings is 1. The van der Waals surface area contributed by atoms with E-state index in [9.17, 15) is 4.79 Å². The molecule has 0 N–H and O–H groups in total. The van der Waals surface area contributed by atoms with E-state index in [2.05, 4.69) is 30.8 Å². The molecule has 1 atom stereocenters. The zero-order chi connectivity index (χ0) is 19.7. The number of aromatic nitrogens is 2. The van der Waals surface area contributed by atoms with Gasteiger partial charge in [0, 0.05) is 41.9 Å². The largest absolute Gasteiger partial charge is 0.487 e. The molecule has 0 saturated carbocycles. The van der Waals surface area contributed by atoms with Crippen molar-refractivity contribution in [3.8, 4) is 5.75 Å². The molecule has 6 nitrogen and oxygen atoms in total. The lowest BCUT2D eigenvalue weighted by Gasteiger charge is -2.38. The number of nitrogens with zero attached hydrogens (tertiary/aromatic N) is 3. The molecule has 148 valence electrons.